The topological polar surface area (TPSA) is 76.4 Å². The third-order valence-electron chi connectivity index (χ3n) is 2.91. The molecule has 0 heterocycles. The molecule has 6 heteroatoms. The second-order valence-electron chi connectivity index (χ2n) is 4.07. The molecule has 0 aliphatic rings. The summed E-state index contributed by atoms with van der Waals surface area (Å²) in [6.07, 6.45) is -0.171. The van der Waals surface area contributed by atoms with Gasteiger partial charge in [0.2, 0.25) is 0 Å². The van der Waals surface area contributed by atoms with E-state index in [0.29, 0.717) is 5.56 Å². The zero-order valence-electron chi connectivity index (χ0n) is 11.1. The van der Waals surface area contributed by atoms with Gasteiger partial charge in [-0.15, -0.1) is 0 Å². The third-order valence-corrected chi connectivity index (χ3v) is 2.91. The highest BCUT2D eigenvalue weighted by molar-refractivity contribution is 5.78. The van der Waals surface area contributed by atoms with Crippen molar-refractivity contribution < 1.29 is 23.5 Å². The molecule has 0 aliphatic heterocycles. The summed E-state index contributed by atoms with van der Waals surface area (Å²) in [7, 11) is 2.37. The summed E-state index contributed by atoms with van der Waals surface area (Å²) >= 11 is 0. The first-order valence-corrected chi connectivity index (χ1v) is 5.83. The van der Waals surface area contributed by atoms with Gasteiger partial charge in [0.1, 0.15) is 5.82 Å². The van der Waals surface area contributed by atoms with Gasteiger partial charge in [-0.05, 0) is 17.7 Å². The van der Waals surface area contributed by atoms with E-state index in [2.05, 4.69) is 9.47 Å². The molecule has 0 saturated heterocycles. The number of methoxy groups -OCH3 is 2. The lowest BCUT2D eigenvalue weighted by Gasteiger charge is -2.19. The molecule has 1 rings (SSSR count). The SMILES string of the molecule is COC(=O)C[C@@H](c1ccc(F)cc1)[C@@H](C#N)C(=O)OC. The molecule has 0 fully saturated rings. The van der Waals surface area contributed by atoms with Crippen molar-refractivity contribution in [1.82, 2.24) is 0 Å². The molecule has 0 aliphatic carbocycles. The standard InChI is InChI=1S/C14H14FNO4/c1-19-13(17)7-11(12(8-16)14(18)20-2)9-3-5-10(15)6-4-9/h3-6,11-12H,7H2,1-2H3/t11-,12+/m0/s1. The predicted molar refractivity (Wildman–Crippen MR) is 66.9 cm³/mol. The number of rotatable bonds is 5. The molecule has 2 atom stereocenters. The average molecular weight is 279 g/mol. The van der Waals surface area contributed by atoms with E-state index in [4.69, 9.17) is 5.26 Å². The number of ether oxygens (including phenoxy) is 2. The number of nitrogens with zero attached hydrogens (tertiary/aromatic N) is 1. The van der Waals surface area contributed by atoms with Gasteiger partial charge in [0.15, 0.2) is 5.92 Å². The first-order chi connectivity index (χ1) is 9.53. The van der Waals surface area contributed by atoms with Crippen LogP contribution in [0.3, 0.4) is 0 Å². The molecule has 0 saturated carbocycles. The van der Waals surface area contributed by atoms with Crippen LogP contribution in [0.15, 0.2) is 24.3 Å². The Kier molecular flexibility index (Phi) is 5.66. The summed E-state index contributed by atoms with van der Waals surface area (Å²) in [5, 5.41) is 9.12. The van der Waals surface area contributed by atoms with Crippen molar-refractivity contribution in [3.05, 3.63) is 35.6 Å². The van der Waals surface area contributed by atoms with Crippen LogP contribution in [0, 0.1) is 23.1 Å². The fraction of sp³-hybridized carbons (Fsp3) is 0.357. The van der Waals surface area contributed by atoms with Crippen LogP contribution in [0.2, 0.25) is 0 Å². The molecule has 0 N–H and O–H groups in total. The van der Waals surface area contributed by atoms with E-state index < -0.39 is 29.6 Å². The van der Waals surface area contributed by atoms with Crippen molar-refractivity contribution in [2.45, 2.75) is 12.3 Å². The molecule has 0 spiro atoms. The monoisotopic (exact) mass is 279 g/mol. The Morgan fingerprint density at radius 3 is 2.30 bits per heavy atom. The number of halogens is 1. The molecule has 0 aromatic heterocycles. The lowest BCUT2D eigenvalue weighted by atomic mass is 9.84. The maximum Gasteiger partial charge on any atom is 0.323 e. The molecule has 0 bridgehead atoms. The number of nitriles is 1. The number of carbonyl (C=O) groups excluding carboxylic acids is 2. The fourth-order valence-corrected chi connectivity index (χ4v) is 1.83. The van der Waals surface area contributed by atoms with Gasteiger partial charge in [0, 0.05) is 5.92 Å². The number of hydrogen-bond acceptors (Lipinski definition) is 5. The Bertz CT molecular complexity index is 521. The fourth-order valence-electron chi connectivity index (χ4n) is 1.83. The van der Waals surface area contributed by atoms with Crippen LogP contribution >= 0.6 is 0 Å². The average Bonchev–Trinajstić information content (AvgIpc) is 2.47. The molecule has 1 aromatic rings. The maximum atomic E-state index is 12.9. The second-order valence-corrected chi connectivity index (χ2v) is 4.07. The van der Waals surface area contributed by atoms with Gasteiger partial charge in [-0.3, -0.25) is 9.59 Å². The highest BCUT2D eigenvalue weighted by Gasteiger charge is 2.32. The maximum absolute atomic E-state index is 12.9. The van der Waals surface area contributed by atoms with E-state index in [1.54, 1.807) is 0 Å². The van der Waals surface area contributed by atoms with E-state index in [0.717, 1.165) is 7.11 Å². The number of carbonyl (C=O) groups is 2. The van der Waals surface area contributed by atoms with Crippen molar-refractivity contribution in [1.29, 1.82) is 5.26 Å². The van der Waals surface area contributed by atoms with Crippen LogP contribution in [-0.2, 0) is 19.1 Å². The minimum atomic E-state index is -1.16. The lowest BCUT2D eigenvalue weighted by molar-refractivity contribution is -0.145. The van der Waals surface area contributed by atoms with Crippen LogP contribution in [0.5, 0.6) is 0 Å². The summed E-state index contributed by atoms with van der Waals surface area (Å²) in [6.45, 7) is 0. The Balaban J connectivity index is 3.13. The van der Waals surface area contributed by atoms with Gasteiger partial charge in [-0.1, -0.05) is 12.1 Å². The molecule has 5 nitrogen and oxygen atoms in total. The highest BCUT2D eigenvalue weighted by atomic mass is 19.1. The van der Waals surface area contributed by atoms with E-state index in [9.17, 15) is 14.0 Å². The summed E-state index contributed by atoms with van der Waals surface area (Å²) in [5.41, 5.74) is 0.494. The van der Waals surface area contributed by atoms with Gasteiger partial charge in [-0.2, -0.15) is 5.26 Å². The Morgan fingerprint density at radius 2 is 1.85 bits per heavy atom. The summed E-state index contributed by atoms with van der Waals surface area (Å²) in [6, 6.07) is 7.07. The molecule has 106 valence electrons. The van der Waals surface area contributed by atoms with Gasteiger partial charge in [0.05, 0.1) is 26.7 Å². The van der Waals surface area contributed by atoms with E-state index >= 15 is 0 Å². The van der Waals surface area contributed by atoms with Gasteiger partial charge in [0.25, 0.3) is 0 Å². The highest BCUT2D eigenvalue weighted by Crippen LogP contribution is 2.29. The zero-order valence-corrected chi connectivity index (χ0v) is 11.1. The van der Waals surface area contributed by atoms with Crippen LogP contribution in [0.4, 0.5) is 4.39 Å². The molecular formula is C14H14FNO4. The number of benzene rings is 1. The molecule has 1 aromatic carbocycles. The third kappa shape index (κ3) is 3.79. The second kappa shape index (κ2) is 7.24. The minimum Gasteiger partial charge on any atom is -0.469 e. The Hall–Kier alpha value is -2.42. The molecule has 0 radical (unpaired) electrons. The van der Waals surface area contributed by atoms with Crippen molar-refractivity contribution in [3.63, 3.8) is 0 Å². The molecule has 0 unspecified atom stereocenters. The van der Waals surface area contributed by atoms with E-state index in [1.165, 1.54) is 31.4 Å². The number of hydrogen-bond donors (Lipinski definition) is 0. The Labute approximate surface area is 115 Å². The minimum absolute atomic E-state index is 0.171. The van der Waals surface area contributed by atoms with Crippen molar-refractivity contribution in [2.75, 3.05) is 14.2 Å². The summed E-state index contributed by atoms with van der Waals surface area (Å²) in [5.74, 6) is -3.67. The summed E-state index contributed by atoms with van der Waals surface area (Å²) < 4.78 is 22.1. The Morgan fingerprint density at radius 1 is 1.25 bits per heavy atom. The molecule has 20 heavy (non-hydrogen) atoms. The first-order valence-electron chi connectivity index (χ1n) is 5.83. The van der Waals surface area contributed by atoms with Crippen LogP contribution < -0.4 is 0 Å². The quantitative estimate of drug-likeness (QED) is 0.768. The zero-order chi connectivity index (χ0) is 15.1. The predicted octanol–water partition coefficient (Wildman–Crippen LogP) is 1.79. The lowest BCUT2D eigenvalue weighted by Crippen LogP contribution is -2.25. The number of esters is 2. The normalized spacial score (nSPS) is 12.9. The van der Waals surface area contributed by atoms with Gasteiger partial charge < -0.3 is 9.47 Å². The molecule has 0 amide bonds. The van der Waals surface area contributed by atoms with Crippen molar-refractivity contribution in [3.8, 4) is 6.07 Å². The molecular weight excluding hydrogens is 265 g/mol. The van der Waals surface area contributed by atoms with Crippen LogP contribution in [0.1, 0.15) is 17.9 Å². The smallest absolute Gasteiger partial charge is 0.323 e. The van der Waals surface area contributed by atoms with Gasteiger partial charge >= 0.3 is 11.9 Å². The van der Waals surface area contributed by atoms with E-state index in [1.807, 2.05) is 6.07 Å². The first kappa shape index (κ1) is 15.6. The largest absolute Gasteiger partial charge is 0.469 e. The summed E-state index contributed by atoms with van der Waals surface area (Å²) in [4.78, 5) is 23.1. The van der Waals surface area contributed by atoms with Crippen LogP contribution in [0.25, 0.3) is 0 Å². The van der Waals surface area contributed by atoms with E-state index in [-0.39, 0.29) is 6.42 Å². The van der Waals surface area contributed by atoms with Crippen molar-refractivity contribution in [2.24, 2.45) is 5.92 Å². The van der Waals surface area contributed by atoms with Crippen molar-refractivity contribution >= 4 is 11.9 Å². The van der Waals surface area contributed by atoms with Gasteiger partial charge in [-0.25, -0.2) is 4.39 Å². The van der Waals surface area contributed by atoms with Crippen LogP contribution in [-0.4, -0.2) is 26.2 Å².